The summed E-state index contributed by atoms with van der Waals surface area (Å²) in [5, 5.41) is 0.720. The van der Waals surface area contributed by atoms with Crippen LogP contribution in [0.1, 0.15) is 5.56 Å². The molecule has 0 bridgehead atoms. The van der Waals surface area contributed by atoms with E-state index in [4.69, 9.17) is 14.2 Å². The van der Waals surface area contributed by atoms with E-state index in [1.54, 1.807) is 7.11 Å². The Balaban J connectivity index is 1.82. The number of methoxy groups -OCH3 is 1. The first kappa shape index (κ1) is 21.1. The van der Waals surface area contributed by atoms with Gasteiger partial charge in [-0.2, -0.15) is 0 Å². The first-order valence-electron chi connectivity index (χ1n) is 10.5. The van der Waals surface area contributed by atoms with Crippen molar-refractivity contribution in [2.45, 2.75) is 6.16 Å². The van der Waals surface area contributed by atoms with Crippen molar-refractivity contribution in [3.8, 4) is 17.2 Å². The molecule has 0 aromatic heterocycles. The van der Waals surface area contributed by atoms with Crippen LogP contribution in [0.25, 0.3) is 0 Å². The van der Waals surface area contributed by atoms with Crippen LogP contribution in [0.5, 0.6) is 17.2 Å². The van der Waals surface area contributed by atoms with E-state index in [0.29, 0.717) is 11.5 Å². The molecule has 0 saturated carbocycles. The summed E-state index contributed by atoms with van der Waals surface area (Å²) in [6.07, 6.45) is 0.761. The van der Waals surface area contributed by atoms with Crippen LogP contribution in [0.4, 0.5) is 0 Å². The topological polar surface area (TPSA) is 27.7 Å². The van der Waals surface area contributed by atoms with Gasteiger partial charge in [-0.3, -0.25) is 0 Å². The van der Waals surface area contributed by atoms with E-state index >= 15 is 0 Å². The molecule has 32 heavy (non-hydrogen) atoms. The zero-order valence-corrected chi connectivity index (χ0v) is 20.3. The van der Waals surface area contributed by atoms with Gasteiger partial charge in [0, 0.05) is 0 Å². The number of hydrogen-bond donors (Lipinski definition) is 0. The summed E-state index contributed by atoms with van der Waals surface area (Å²) < 4.78 is 17.0. The van der Waals surface area contributed by atoms with Gasteiger partial charge in [0.15, 0.2) is 0 Å². The fourth-order valence-corrected chi connectivity index (χ4v) is 12.2. The molecule has 1 aliphatic rings. The fourth-order valence-electron chi connectivity index (χ4n) is 4.56. The van der Waals surface area contributed by atoms with Gasteiger partial charge in [-0.15, -0.1) is 0 Å². The molecule has 5 rings (SSSR count). The van der Waals surface area contributed by atoms with Crippen LogP contribution in [0, 0.1) is 0 Å². The second-order valence-electron chi connectivity index (χ2n) is 7.88. The Labute approximate surface area is 196 Å². The zero-order chi connectivity index (χ0) is 22.0. The van der Waals surface area contributed by atoms with E-state index in [2.05, 4.69) is 119 Å². The molecule has 1 aliphatic heterocycles. The van der Waals surface area contributed by atoms with Crippen molar-refractivity contribution < 1.29 is 14.2 Å². The molecule has 0 aliphatic carbocycles. The molecule has 0 unspecified atom stereocenters. The van der Waals surface area contributed by atoms with Gasteiger partial charge in [-0.25, -0.2) is 0 Å². The minimum atomic E-state index is -3.09. The number of halogens is 1. The molecule has 0 radical (unpaired) electrons. The van der Waals surface area contributed by atoms with Gasteiger partial charge in [-0.05, 0) is 0 Å². The van der Waals surface area contributed by atoms with Crippen LogP contribution in [0.2, 0.25) is 0 Å². The Morgan fingerprint density at radius 1 is 0.750 bits per heavy atom. The third-order valence-corrected chi connectivity index (χ3v) is 15.6. The predicted octanol–water partition coefficient (Wildman–Crippen LogP) is 5.76. The summed E-state index contributed by atoms with van der Waals surface area (Å²) in [7, 11) is 1.67. The Morgan fingerprint density at radius 3 is 1.72 bits per heavy atom. The van der Waals surface area contributed by atoms with Crippen LogP contribution < -0.4 is 30.1 Å². The van der Waals surface area contributed by atoms with E-state index in [0.717, 1.165) is 17.5 Å². The van der Waals surface area contributed by atoms with Gasteiger partial charge in [0.25, 0.3) is 0 Å². The van der Waals surface area contributed by atoms with Gasteiger partial charge in [0.1, 0.15) is 0 Å². The van der Waals surface area contributed by atoms with E-state index < -0.39 is 5.31 Å². The minimum absolute atomic E-state index is 0.211. The Morgan fingerprint density at radius 2 is 1.25 bits per heavy atom. The molecular formula is C27H24BrO3P. The third-order valence-electron chi connectivity index (χ3n) is 6.08. The van der Waals surface area contributed by atoms with Gasteiger partial charge in [0.05, 0.1) is 0 Å². The standard InChI is InChI=1S/C27H24BrO3P/c1-29-25-17-21(18-26-27(25)31-20-30-26)19-32(28,22-11-5-2-6-12-22,23-13-7-3-8-14-23)24-15-9-4-10-16-24/h2-18H,19-20H2,1H3. The van der Waals surface area contributed by atoms with Crippen molar-refractivity contribution in [1.29, 1.82) is 0 Å². The summed E-state index contributed by atoms with van der Waals surface area (Å²) in [6, 6.07) is 36.4. The second-order valence-corrected chi connectivity index (χ2v) is 16.8. The quantitative estimate of drug-likeness (QED) is 0.311. The molecule has 0 N–H and O–H groups in total. The molecule has 3 nitrogen and oxygen atoms in total. The molecule has 5 heteroatoms. The number of fused-ring (bicyclic) bond motifs is 1. The average Bonchev–Trinajstić information content (AvgIpc) is 3.34. The van der Waals surface area contributed by atoms with Gasteiger partial charge in [0.2, 0.25) is 0 Å². The van der Waals surface area contributed by atoms with Crippen molar-refractivity contribution in [3.63, 3.8) is 0 Å². The first-order chi connectivity index (χ1) is 15.6. The molecule has 4 aromatic carbocycles. The van der Waals surface area contributed by atoms with Crippen LogP contribution in [-0.4, -0.2) is 13.9 Å². The Kier molecular flexibility index (Phi) is 5.44. The van der Waals surface area contributed by atoms with Gasteiger partial charge >= 0.3 is 197 Å². The van der Waals surface area contributed by atoms with Crippen molar-refractivity contribution in [2.24, 2.45) is 0 Å². The van der Waals surface area contributed by atoms with E-state index in [1.807, 2.05) is 0 Å². The van der Waals surface area contributed by atoms with Crippen LogP contribution >= 0.6 is 20.8 Å². The maximum absolute atomic E-state index is 5.74. The molecule has 4 aromatic rings. The maximum atomic E-state index is 5.74. The number of ether oxygens (including phenoxy) is 3. The summed E-state index contributed by atoms with van der Waals surface area (Å²) in [4.78, 5) is 0. The Bertz CT molecular complexity index is 1130. The van der Waals surface area contributed by atoms with Gasteiger partial charge < -0.3 is 0 Å². The SMILES string of the molecule is COc1cc(CP(Br)(c2ccccc2)(c2ccccc2)c2ccccc2)cc2c1OCO2. The second kappa shape index (κ2) is 8.27. The molecule has 0 saturated heterocycles. The summed E-state index contributed by atoms with van der Waals surface area (Å²) >= 11 is 4.50. The molecule has 162 valence electrons. The molecule has 1 heterocycles. The Hall–Kier alpha value is -2.81. The first-order valence-corrected chi connectivity index (χ1v) is 14.9. The number of rotatable bonds is 6. The fraction of sp³-hybridized carbons (Fsp3) is 0.111. The number of benzene rings is 4. The predicted molar refractivity (Wildman–Crippen MR) is 137 cm³/mol. The van der Waals surface area contributed by atoms with Crippen LogP contribution in [-0.2, 0) is 6.16 Å². The van der Waals surface area contributed by atoms with Crippen molar-refractivity contribution >= 4 is 36.7 Å². The van der Waals surface area contributed by atoms with E-state index in [1.165, 1.54) is 15.9 Å². The van der Waals surface area contributed by atoms with Crippen LogP contribution in [0.3, 0.4) is 0 Å². The average molecular weight is 507 g/mol. The summed E-state index contributed by atoms with van der Waals surface area (Å²) in [5.41, 5.74) is 1.12. The molecule has 0 amide bonds. The summed E-state index contributed by atoms with van der Waals surface area (Å²) in [6.45, 7) is 0.211. The molecule has 0 spiro atoms. The summed E-state index contributed by atoms with van der Waals surface area (Å²) in [5.74, 6) is 2.10. The van der Waals surface area contributed by atoms with Crippen molar-refractivity contribution in [3.05, 3.63) is 109 Å². The van der Waals surface area contributed by atoms with Crippen molar-refractivity contribution in [1.82, 2.24) is 0 Å². The van der Waals surface area contributed by atoms with Crippen molar-refractivity contribution in [2.75, 3.05) is 13.9 Å². The van der Waals surface area contributed by atoms with E-state index in [9.17, 15) is 0 Å². The molecule has 0 fully saturated rings. The third kappa shape index (κ3) is 3.30. The monoisotopic (exact) mass is 506 g/mol. The van der Waals surface area contributed by atoms with Gasteiger partial charge in [-0.1, -0.05) is 0 Å². The molecular weight excluding hydrogens is 483 g/mol. The van der Waals surface area contributed by atoms with Crippen LogP contribution in [0.15, 0.2) is 103 Å². The normalized spacial score (nSPS) is 13.9. The van der Waals surface area contributed by atoms with E-state index in [-0.39, 0.29) is 6.79 Å². The molecule has 0 atom stereocenters. The number of hydrogen-bond acceptors (Lipinski definition) is 3. The zero-order valence-electron chi connectivity index (χ0n) is 17.8.